The third kappa shape index (κ3) is 3.72. The highest BCUT2D eigenvalue weighted by atomic mass is 16.5. The topological polar surface area (TPSA) is 58.2 Å². The molecule has 27 heavy (non-hydrogen) atoms. The van der Waals surface area contributed by atoms with Gasteiger partial charge in [0.15, 0.2) is 0 Å². The highest BCUT2D eigenvalue weighted by molar-refractivity contribution is 5.83. The predicted molar refractivity (Wildman–Crippen MR) is 104 cm³/mol. The molecule has 138 valence electrons. The summed E-state index contributed by atoms with van der Waals surface area (Å²) in [5.41, 5.74) is 4.94. The van der Waals surface area contributed by atoms with Crippen molar-refractivity contribution in [3.8, 4) is 17.0 Å². The van der Waals surface area contributed by atoms with E-state index >= 15 is 0 Å². The number of amides is 1. The molecule has 3 aromatic rings. The van der Waals surface area contributed by atoms with E-state index in [1.807, 2.05) is 73.3 Å². The molecule has 0 radical (unpaired) electrons. The Morgan fingerprint density at radius 3 is 2.74 bits per heavy atom. The number of aromatic nitrogens is 2. The second-order valence-electron chi connectivity index (χ2n) is 7.14. The molecule has 5 heteroatoms. The van der Waals surface area contributed by atoms with Gasteiger partial charge in [0.1, 0.15) is 5.75 Å². The first-order valence-corrected chi connectivity index (χ1v) is 9.25. The van der Waals surface area contributed by atoms with Crippen LogP contribution >= 0.6 is 0 Å². The maximum atomic E-state index is 12.7. The Kier molecular flexibility index (Phi) is 4.67. The average Bonchev–Trinajstić information content (AvgIpc) is 3.05. The molecule has 0 aliphatic carbocycles. The quantitative estimate of drug-likeness (QED) is 0.749. The van der Waals surface area contributed by atoms with Crippen molar-refractivity contribution < 1.29 is 9.53 Å². The SMILES string of the molecule is CC(C)Oc1cccc(-c2n[nH]c3c2CC(=O)N(Cc2ccccc2)C3)c1. The number of carbonyl (C=O) groups excluding carboxylic acids is 1. The lowest BCUT2D eigenvalue weighted by atomic mass is 9.99. The molecule has 1 aliphatic heterocycles. The van der Waals surface area contributed by atoms with Crippen molar-refractivity contribution in [2.24, 2.45) is 0 Å². The molecule has 1 amide bonds. The summed E-state index contributed by atoms with van der Waals surface area (Å²) in [5, 5.41) is 7.64. The smallest absolute Gasteiger partial charge is 0.227 e. The lowest BCUT2D eigenvalue weighted by molar-refractivity contribution is -0.132. The van der Waals surface area contributed by atoms with Gasteiger partial charge in [0.2, 0.25) is 5.91 Å². The summed E-state index contributed by atoms with van der Waals surface area (Å²) in [7, 11) is 0. The van der Waals surface area contributed by atoms with Crippen molar-refractivity contribution in [3.63, 3.8) is 0 Å². The lowest BCUT2D eigenvalue weighted by Crippen LogP contribution is -2.35. The van der Waals surface area contributed by atoms with Crippen LogP contribution in [0, 0.1) is 0 Å². The Morgan fingerprint density at radius 2 is 1.96 bits per heavy atom. The van der Waals surface area contributed by atoms with Gasteiger partial charge in [0.05, 0.1) is 30.5 Å². The van der Waals surface area contributed by atoms with Crippen LogP contribution in [0.25, 0.3) is 11.3 Å². The fourth-order valence-electron chi connectivity index (χ4n) is 3.44. The van der Waals surface area contributed by atoms with E-state index in [4.69, 9.17) is 4.74 Å². The fraction of sp³-hybridized carbons (Fsp3) is 0.273. The lowest BCUT2D eigenvalue weighted by Gasteiger charge is -2.27. The highest BCUT2D eigenvalue weighted by Crippen LogP contribution is 2.31. The van der Waals surface area contributed by atoms with Gasteiger partial charge < -0.3 is 9.64 Å². The number of aromatic amines is 1. The number of hydrogen-bond donors (Lipinski definition) is 1. The molecule has 2 aromatic carbocycles. The molecule has 0 spiro atoms. The van der Waals surface area contributed by atoms with E-state index in [9.17, 15) is 4.79 Å². The minimum atomic E-state index is 0.112. The zero-order valence-electron chi connectivity index (χ0n) is 15.6. The van der Waals surface area contributed by atoms with Crippen molar-refractivity contribution in [1.82, 2.24) is 15.1 Å². The number of fused-ring (bicyclic) bond motifs is 1. The van der Waals surface area contributed by atoms with Gasteiger partial charge in [-0.1, -0.05) is 42.5 Å². The Morgan fingerprint density at radius 1 is 1.15 bits per heavy atom. The molecule has 0 bridgehead atoms. The Hall–Kier alpha value is -3.08. The van der Waals surface area contributed by atoms with Crippen LogP contribution in [-0.4, -0.2) is 27.1 Å². The van der Waals surface area contributed by atoms with E-state index in [2.05, 4.69) is 10.2 Å². The molecular formula is C22H23N3O2. The van der Waals surface area contributed by atoms with Gasteiger partial charge >= 0.3 is 0 Å². The molecular weight excluding hydrogens is 338 g/mol. The number of ether oxygens (including phenoxy) is 1. The number of nitrogens with zero attached hydrogens (tertiary/aromatic N) is 2. The van der Waals surface area contributed by atoms with Gasteiger partial charge in [0, 0.05) is 17.7 Å². The van der Waals surface area contributed by atoms with Crippen molar-refractivity contribution in [2.75, 3.05) is 0 Å². The molecule has 2 heterocycles. The molecule has 4 rings (SSSR count). The number of nitrogens with one attached hydrogen (secondary N) is 1. The number of benzene rings is 2. The zero-order valence-corrected chi connectivity index (χ0v) is 15.6. The molecule has 5 nitrogen and oxygen atoms in total. The van der Waals surface area contributed by atoms with Crippen molar-refractivity contribution >= 4 is 5.91 Å². The first-order valence-electron chi connectivity index (χ1n) is 9.25. The van der Waals surface area contributed by atoms with Crippen LogP contribution in [0.15, 0.2) is 54.6 Å². The minimum Gasteiger partial charge on any atom is -0.491 e. The standard InChI is InChI=1S/C22H23N3O2/c1-15(2)27-18-10-6-9-17(11-18)22-19-12-21(26)25(14-20(19)23-24-22)13-16-7-4-3-5-8-16/h3-11,15H,12-14H2,1-2H3,(H,23,24). The maximum absolute atomic E-state index is 12.7. The molecule has 0 fully saturated rings. The van der Waals surface area contributed by atoms with Crippen molar-refractivity contribution in [1.29, 1.82) is 0 Å². The first-order chi connectivity index (χ1) is 13.1. The summed E-state index contributed by atoms with van der Waals surface area (Å²) in [5.74, 6) is 0.940. The molecule has 0 atom stereocenters. The normalized spacial score (nSPS) is 13.7. The van der Waals surface area contributed by atoms with E-state index in [0.717, 1.165) is 33.8 Å². The van der Waals surface area contributed by atoms with Crippen LogP contribution in [0.2, 0.25) is 0 Å². The van der Waals surface area contributed by atoms with Crippen LogP contribution < -0.4 is 4.74 Å². The van der Waals surface area contributed by atoms with Crippen LogP contribution in [0.5, 0.6) is 5.75 Å². The third-order valence-corrected chi connectivity index (χ3v) is 4.68. The van der Waals surface area contributed by atoms with Crippen molar-refractivity contribution in [2.45, 2.75) is 39.5 Å². The van der Waals surface area contributed by atoms with E-state index in [1.54, 1.807) is 0 Å². The molecule has 1 N–H and O–H groups in total. The van der Waals surface area contributed by atoms with E-state index < -0.39 is 0 Å². The molecule has 0 unspecified atom stereocenters. The average molecular weight is 361 g/mol. The second-order valence-corrected chi connectivity index (χ2v) is 7.14. The van der Waals surface area contributed by atoms with Gasteiger partial charge in [-0.25, -0.2) is 0 Å². The van der Waals surface area contributed by atoms with Gasteiger partial charge in [-0.3, -0.25) is 9.89 Å². The largest absolute Gasteiger partial charge is 0.491 e. The Bertz CT molecular complexity index is 947. The van der Waals surface area contributed by atoms with Crippen molar-refractivity contribution in [3.05, 3.63) is 71.4 Å². The van der Waals surface area contributed by atoms with Crippen LogP contribution in [0.1, 0.15) is 30.7 Å². The highest BCUT2D eigenvalue weighted by Gasteiger charge is 2.28. The summed E-state index contributed by atoms with van der Waals surface area (Å²) in [4.78, 5) is 14.6. The predicted octanol–water partition coefficient (Wildman–Crippen LogP) is 3.95. The summed E-state index contributed by atoms with van der Waals surface area (Å²) in [6.45, 7) is 5.18. The van der Waals surface area contributed by atoms with Gasteiger partial charge in [-0.2, -0.15) is 5.10 Å². The number of rotatable bonds is 5. The van der Waals surface area contributed by atoms with Crippen LogP contribution in [0.3, 0.4) is 0 Å². The molecule has 0 saturated carbocycles. The molecule has 0 saturated heterocycles. The molecule has 1 aromatic heterocycles. The van der Waals surface area contributed by atoms with Gasteiger partial charge in [-0.15, -0.1) is 0 Å². The zero-order chi connectivity index (χ0) is 18.8. The Balaban J connectivity index is 1.58. The Labute approximate surface area is 159 Å². The van der Waals surface area contributed by atoms with Gasteiger partial charge in [-0.05, 0) is 31.5 Å². The monoisotopic (exact) mass is 361 g/mol. The number of carbonyl (C=O) groups is 1. The van der Waals surface area contributed by atoms with Crippen LogP contribution in [0.4, 0.5) is 0 Å². The second kappa shape index (κ2) is 7.27. The molecule has 1 aliphatic rings. The van der Waals surface area contributed by atoms with E-state index in [-0.39, 0.29) is 12.0 Å². The number of H-pyrrole nitrogens is 1. The summed E-state index contributed by atoms with van der Waals surface area (Å²) >= 11 is 0. The van der Waals surface area contributed by atoms with Gasteiger partial charge in [0.25, 0.3) is 0 Å². The summed E-state index contributed by atoms with van der Waals surface area (Å²) in [6.07, 6.45) is 0.477. The maximum Gasteiger partial charge on any atom is 0.227 e. The number of hydrogen-bond acceptors (Lipinski definition) is 3. The third-order valence-electron chi connectivity index (χ3n) is 4.68. The summed E-state index contributed by atoms with van der Waals surface area (Å²) < 4.78 is 5.79. The van der Waals surface area contributed by atoms with E-state index in [0.29, 0.717) is 19.5 Å². The summed E-state index contributed by atoms with van der Waals surface area (Å²) in [6, 6.07) is 17.9. The van der Waals surface area contributed by atoms with Crippen LogP contribution in [-0.2, 0) is 24.3 Å². The first kappa shape index (κ1) is 17.3. The van der Waals surface area contributed by atoms with E-state index in [1.165, 1.54) is 0 Å². The minimum absolute atomic E-state index is 0.112. The fourth-order valence-corrected chi connectivity index (χ4v) is 3.44.